The Morgan fingerprint density at radius 2 is 1.94 bits per heavy atom. The molecule has 0 bridgehead atoms. The summed E-state index contributed by atoms with van der Waals surface area (Å²) in [7, 11) is 0. The predicted octanol–water partition coefficient (Wildman–Crippen LogP) is 3.11. The van der Waals surface area contributed by atoms with Crippen LogP contribution in [0.4, 0.5) is 18.9 Å². The van der Waals surface area contributed by atoms with Crippen molar-refractivity contribution in [3.8, 4) is 0 Å². The van der Waals surface area contributed by atoms with Gasteiger partial charge in [0.2, 0.25) is 0 Å². The van der Waals surface area contributed by atoms with Gasteiger partial charge in [0, 0.05) is 5.69 Å². The zero-order chi connectivity index (χ0) is 13.6. The molecule has 0 heterocycles. The summed E-state index contributed by atoms with van der Waals surface area (Å²) in [5.74, 6) is -1.04. The Hall–Kier alpha value is -1.98. The normalized spacial score (nSPS) is 12.1. The highest BCUT2D eigenvalue weighted by Crippen LogP contribution is 2.16. The van der Waals surface area contributed by atoms with Crippen LogP contribution in [0.25, 0.3) is 0 Å². The zero-order valence-electron chi connectivity index (χ0n) is 9.62. The molecule has 0 aliphatic rings. The number of alkyl halides is 3. The number of benzene rings is 1. The van der Waals surface area contributed by atoms with Gasteiger partial charge in [-0.15, -0.1) is 0 Å². The van der Waals surface area contributed by atoms with Crippen LogP contribution in [0.15, 0.2) is 42.1 Å². The third-order valence-electron chi connectivity index (χ3n) is 1.93. The van der Waals surface area contributed by atoms with E-state index in [-0.39, 0.29) is 5.70 Å². The van der Waals surface area contributed by atoms with E-state index >= 15 is 0 Å². The van der Waals surface area contributed by atoms with Gasteiger partial charge in [0.05, 0.1) is 0 Å². The van der Waals surface area contributed by atoms with Gasteiger partial charge in [-0.1, -0.05) is 24.3 Å². The van der Waals surface area contributed by atoms with E-state index in [0.717, 1.165) is 0 Å². The second-order valence-corrected chi connectivity index (χ2v) is 3.38. The summed E-state index contributed by atoms with van der Waals surface area (Å²) in [6.07, 6.45) is -3.17. The fourth-order valence-electron chi connectivity index (χ4n) is 1.14. The highest BCUT2D eigenvalue weighted by molar-refractivity contribution is 5.91. The predicted molar refractivity (Wildman–Crippen MR) is 60.8 cm³/mol. The molecule has 1 rings (SSSR count). The third kappa shape index (κ3) is 4.90. The Morgan fingerprint density at radius 3 is 2.44 bits per heavy atom. The molecule has 0 saturated carbocycles. The molecule has 18 heavy (non-hydrogen) atoms. The molecule has 0 aliphatic carbocycles. The Balaban J connectivity index is 2.60. The molecule has 3 nitrogen and oxygen atoms in total. The van der Waals surface area contributed by atoms with Crippen molar-refractivity contribution in [2.75, 3.05) is 11.9 Å². The minimum Gasteiger partial charge on any atom is -0.451 e. The molecule has 1 N–H and O–H groups in total. The van der Waals surface area contributed by atoms with Gasteiger partial charge >= 0.3 is 12.1 Å². The Bertz CT molecular complexity index is 427. The number of hydrogen-bond acceptors (Lipinski definition) is 3. The first kappa shape index (κ1) is 14.1. The lowest BCUT2D eigenvalue weighted by Crippen LogP contribution is -2.23. The minimum absolute atomic E-state index is 0.0366. The summed E-state index contributed by atoms with van der Waals surface area (Å²) >= 11 is 0. The van der Waals surface area contributed by atoms with E-state index in [9.17, 15) is 18.0 Å². The third-order valence-corrected chi connectivity index (χ3v) is 1.93. The molecule has 0 aliphatic heterocycles. The summed E-state index contributed by atoms with van der Waals surface area (Å²) in [5.41, 5.74) is 0.556. The van der Waals surface area contributed by atoms with Crippen LogP contribution in [0.1, 0.15) is 6.92 Å². The highest BCUT2D eigenvalue weighted by Gasteiger charge is 2.30. The largest absolute Gasteiger partial charge is 0.451 e. The zero-order valence-corrected chi connectivity index (χ0v) is 9.62. The number of para-hydroxylation sites is 1. The number of carbonyl (C=O) groups excluding carboxylic acids is 1. The molecule has 0 amide bonds. The number of rotatable bonds is 4. The average molecular weight is 259 g/mol. The highest BCUT2D eigenvalue weighted by atomic mass is 19.4. The number of esters is 1. The van der Waals surface area contributed by atoms with Crippen molar-refractivity contribution in [1.29, 1.82) is 0 Å². The van der Waals surface area contributed by atoms with Gasteiger partial charge in [0.1, 0.15) is 5.70 Å². The lowest BCUT2D eigenvalue weighted by atomic mass is 10.3. The van der Waals surface area contributed by atoms with Crippen LogP contribution < -0.4 is 5.32 Å². The number of halogens is 3. The summed E-state index contributed by atoms with van der Waals surface area (Å²) < 4.78 is 39.8. The standard InChI is InChI=1S/C12H12F3NO2/c1-2-10(11(17)18-8-12(13,14)15)16-9-6-4-3-5-7-9/h2-7,16H,8H2,1H3/b10-2-. The van der Waals surface area contributed by atoms with Gasteiger partial charge in [-0.3, -0.25) is 0 Å². The topological polar surface area (TPSA) is 38.3 Å². The molecule has 0 fully saturated rings. The first-order valence-electron chi connectivity index (χ1n) is 5.14. The van der Waals surface area contributed by atoms with Crippen LogP contribution in [0.3, 0.4) is 0 Å². The molecular weight excluding hydrogens is 247 g/mol. The SMILES string of the molecule is C/C=C(\Nc1ccccc1)C(=O)OCC(F)(F)F. The Kier molecular flexibility index (Phi) is 4.76. The van der Waals surface area contributed by atoms with E-state index in [1.807, 2.05) is 0 Å². The number of nitrogens with one attached hydrogen (secondary N) is 1. The first-order valence-corrected chi connectivity index (χ1v) is 5.14. The summed E-state index contributed by atoms with van der Waals surface area (Å²) in [5, 5.41) is 2.68. The molecule has 98 valence electrons. The summed E-state index contributed by atoms with van der Waals surface area (Å²) in [6, 6.07) is 8.61. The molecule has 0 atom stereocenters. The molecule has 1 aromatic carbocycles. The summed E-state index contributed by atoms with van der Waals surface area (Å²) in [4.78, 5) is 11.4. The Morgan fingerprint density at radius 1 is 1.33 bits per heavy atom. The number of allylic oxidation sites excluding steroid dienone is 1. The molecule has 0 radical (unpaired) electrons. The lowest BCUT2D eigenvalue weighted by molar-refractivity contribution is -0.183. The van der Waals surface area contributed by atoms with Crippen molar-refractivity contribution in [1.82, 2.24) is 0 Å². The van der Waals surface area contributed by atoms with Crippen LogP contribution in [0.5, 0.6) is 0 Å². The van der Waals surface area contributed by atoms with Crippen molar-refractivity contribution in [3.05, 3.63) is 42.1 Å². The molecule has 0 saturated heterocycles. The molecule has 0 aromatic heterocycles. The maximum atomic E-state index is 11.9. The van der Waals surface area contributed by atoms with E-state index in [1.165, 1.54) is 13.0 Å². The quantitative estimate of drug-likeness (QED) is 0.667. The van der Waals surface area contributed by atoms with Crippen LogP contribution in [0, 0.1) is 0 Å². The van der Waals surface area contributed by atoms with Crippen molar-refractivity contribution in [2.24, 2.45) is 0 Å². The number of ether oxygens (including phenoxy) is 1. The van der Waals surface area contributed by atoms with Gasteiger partial charge < -0.3 is 10.1 Å². The summed E-state index contributed by atoms with van der Waals surface area (Å²) in [6.45, 7) is -0.0697. The van der Waals surface area contributed by atoms with E-state index < -0.39 is 18.8 Å². The van der Waals surface area contributed by atoms with E-state index in [0.29, 0.717) is 5.69 Å². The molecule has 0 spiro atoms. The average Bonchev–Trinajstić information content (AvgIpc) is 2.33. The molecule has 1 aromatic rings. The van der Waals surface area contributed by atoms with Gasteiger partial charge in [-0.2, -0.15) is 13.2 Å². The maximum Gasteiger partial charge on any atom is 0.422 e. The molecule has 0 unspecified atom stereocenters. The van der Waals surface area contributed by atoms with E-state index in [1.54, 1.807) is 30.3 Å². The smallest absolute Gasteiger partial charge is 0.422 e. The number of carbonyl (C=O) groups is 1. The fourth-order valence-corrected chi connectivity index (χ4v) is 1.14. The maximum absolute atomic E-state index is 11.9. The lowest BCUT2D eigenvalue weighted by Gasteiger charge is -2.11. The van der Waals surface area contributed by atoms with Gasteiger partial charge in [0.15, 0.2) is 6.61 Å². The molecular formula is C12H12F3NO2. The van der Waals surface area contributed by atoms with Crippen molar-refractivity contribution >= 4 is 11.7 Å². The monoisotopic (exact) mass is 259 g/mol. The van der Waals surface area contributed by atoms with E-state index in [4.69, 9.17) is 0 Å². The van der Waals surface area contributed by atoms with Crippen molar-refractivity contribution < 1.29 is 22.7 Å². The van der Waals surface area contributed by atoms with Crippen molar-refractivity contribution in [2.45, 2.75) is 13.1 Å². The number of hydrogen-bond donors (Lipinski definition) is 1. The van der Waals surface area contributed by atoms with Crippen LogP contribution in [-0.4, -0.2) is 18.8 Å². The number of anilines is 1. The van der Waals surface area contributed by atoms with Gasteiger partial charge in [0.25, 0.3) is 0 Å². The van der Waals surface area contributed by atoms with Crippen LogP contribution in [0.2, 0.25) is 0 Å². The first-order chi connectivity index (χ1) is 8.42. The fraction of sp³-hybridized carbons (Fsp3) is 0.250. The van der Waals surface area contributed by atoms with Crippen LogP contribution >= 0.6 is 0 Å². The molecule has 6 heteroatoms. The van der Waals surface area contributed by atoms with Crippen LogP contribution in [-0.2, 0) is 9.53 Å². The van der Waals surface area contributed by atoms with Crippen molar-refractivity contribution in [3.63, 3.8) is 0 Å². The minimum atomic E-state index is -4.53. The second kappa shape index (κ2) is 6.09. The van der Waals surface area contributed by atoms with Gasteiger partial charge in [-0.25, -0.2) is 4.79 Å². The second-order valence-electron chi connectivity index (χ2n) is 3.38. The van der Waals surface area contributed by atoms with Gasteiger partial charge in [-0.05, 0) is 19.1 Å². The Labute approximate surface area is 102 Å². The van der Waals surface area contributed by atoms with E-state index in [2.05, 4.69) is 10.1 Å².